The van der Waals surface area contributed by atoms with Gasteiger partial charge >= 0.3 is 0 Å². The predicted octanol–water partition coefficient (Wildman–Crippen LogP) is 2.02. The minimum absolute atomic E-state index is 0.0923. The Balaban J connectivity index is 2.21. The molecular formula is C13H14ClFN4O. The first-order valence-electron chi connectivity index (χ1n) is 5.90. The lowest BCUT2D eigenvalue weighted by atomic mass is 10.0. The number of methoxy groups -OCH3 is 1. The van der Waals surface area contributed by atoms with E-state index >= 15 is 0 Å². The Morgan fingerprint density at radius 3 is 2.85 bits per heavy atom. The fourth-order valence-electron chi connectivity index (χ4n) is 1.81. The summed E-state index contributed by atoms with van der Waals surface area (Å²) in [6.07, 6.45) is 1.85. The van der Waals surface area contributed by atoms with Gasteiger partial charge < -0.3 is 4.74 Å². The molecule has 3 N–H and O–H groups in total. The topological polar surface area (TPSA) is 73.1 Å². The molecule has 1 unspecified atom stereocenters. The maximum atomic E-state index is 13.4. The summed E-state index contributed by atoms with van der Waals surface area (Å²) in [5.41, 5.74) is 4.07. The summed E-state index contributed by atoms with van der Waals surface area (Å²) in [5.74, 6) is 5.53. The molecule has 7 heteroatoms. The van der Waals surface area contributed by atoms with Crippen LogP contribution in [-0.4, -0.2) is 17.1 Å². The summed E-state index contributed by atoms with van der Waals surface area (Å²) in [7, 11) is 1.52. The highest BCUT2D eigenvalue weighted by molar-refractivity contribution is 6.30. The van der Waals surface area contributed by atoms with Crippen LogP contribution in [0.25, 0.3) is 0 Å². The second-order valence-corrected chi connectivity index (χ2v) is 4.56. The molecule has 106 valence electrons. The van der Waals surface area contributed by atoms with Crippen LogP contribution in [-0.2, 0) is 6.42 Å². The van der Waals surface area contributed by atoms with Gasteiger partial charge in [-0.15, -0.1) is 0 Å². The molecule has 1 atom stereocenters. The second-order valence-electron chi connectivity index (χ2n) is 4.16. The van der Waals surface area contributed by atoms with Crippen LogP contribution < -0.4 is 16.0 Å². The third-order valence-electron chi connectivity index (χ3n) is 2.85. The van der Waals surface area contributed by atoms with Crippen molar-refractivity contribution in [1.29, 1.82) is 0 Å². The van der Waals surface area contributed by atoms with E-state index in [2.05, 4.69) is 15.4 Å². The Kier molecular flexibility index (Phi) is 4.84. The van der Waals surface area contributed by atoms with Crippen LogP contribution in [0.5, 0.6) is 5.88 Å². The highest BCUT2D eigenvalue weighted by Gasteiger charge is 2.14. The normalized spacial score (nSPS) is 12.2. The van der Waals surface area contributed by atoms with E-state index in [1.54, 1.807) is 12.1 Å². The first kappa shape index (κ1) is 14.6. The molecule has 0 amide bonds. The van der Waals surface area contributed by atoms with Gasteiger partial charge in [0.25, 0.3) is 0 Å². The molecule has 1 aromatic carbocycles. The van der Waals surface area contributed by atoms with Crippen molar-refractivity contribution in [3.8, 4) is 5.88 Å². The van der Waals surface area contributed by atoms with Crippen LogP contribution in [0.1, 0.15) is 17.3 Å². The molecule has 2 rings (SSSR count). The molecule has 1 heterocycles. The molecular weight excluding hydrogens is 283 g/mol. The molecule has 0 spiro atoms. The quantitative estimate of drug-likeness (QED) is 0.652. The van der Waals surface area contributed by atoms with Gasteiger partial charge in [0, 0.05) is 6.07 Å². The average molecular weight is 297 g/mol. The first-order chi connectivity index (χ1) is 9.63. The van der Waals surface area contributed by atoms with Gasteiger partial charge in [0.2, 0.25) is 5.88 Å². The van der Waals surface area contributed by atoms with Crippen molar-refractivity contribution in [2.24, 2.45) is 5.84 Å². The number of hydrogen-bond acceptors (Lipinski definition) is 5. The Labute approximate surface area is 120 Å². The van der Waals surface area contributed by atoms with E-state index in [9.17, 15) is 4.39 Å². The van der Waals surface area contributed by atoms with Crippen molar-refractivity contribution in [3.63, 3.8) is 0 Å². The van der Waals surface area contributed by atoms with Crippen molar-refractivity contribution in [1.82, 2.24) is 15.4 Å². The Bertz CT molecular complexity index is 596. The monoisotopic (exact) mass is 296 g/mol. The maximum Gasteiger partial charge on any atom is 0.216 e. The number of nitrogens with two attached hydrogens (primary N) is 1. The van der Waals surface area contributed by atoms with Gasteiger partial charge in [0.15, 0.2) is 0 Å². The van der Waals surface area contributed by atoms with Gasteiger partial charge in [-0.1, -0.05) is 17.7 Å². The standard InChI is InChI=1S/C13H14ClFN4O/c1-20-13-6-11(17-7-18-13)12(19-16)5-8-2-3-9(14)10(15)4-8/h2-4,6-7,12,19H,5,16H2,1H3. The van der Waals surface area contributed by atoms with E-state index in [1.807, 2.05) is 0 Å². The average Bonchev–Trinajstić information content (AvgIpc) is 2.48. The lowest BCUT2D eigenvalue weighted by Gasteiger charge is -2.16. The fraction of sp³-hybridized carbons (Fsp3) is 0.231. The van der Waals surface area contributed by atoms with Crippen LogP contribution in [0.4, 0.5) is 4.39 Å². The van der Waals surface area contributed by atoms with E-state index in [-0.39, 0.29) is 11.1 Å². The predicted molar refractivity (Wildman–Crippen MR) is 73.8 cm³/mol. The summed E-state index contributed by atoms with van der Waals surface area (Å²) >= 11 is 5.66. The minimum atomic E-state index is -0.458. The third-order valence-corrected chi connectivity index (χ3v) is 3.16. The zero-order chi connectivity index (χ0) is 14.5. The highest BCUT2D eigenvalue weighted by Crippen LogP contribution is 2.21. The number of benzene rings is 1. The van der Waals surface area contributed by atoms with Crippen molar-refractivity contribution in [2.45, 2.75) is 12.5 Å². The molecule has 2 aromatic rings. The largest absolute Gasteiger partial charge is 0.481 e. The van der Waals surface area contributed by atoms with Crippen LogP contribution in [0.3, 0.4) is 0 Å². The van der Waals surface area contributed by atoms with Gasteiger partial charge in [-0.05, 0) is 24.1 Å². The molecule has 0 aliphatic heterocycles. The number of hydrazine groups is 1. The smallest absolute Gasteiger partial charge is 0.216 e. The summed E-state index contributed by atoms with van der Waals surface area (Å²) < 4.78 is 18.5. The molecule has 0 radical (unpaired) electrons. The zero-order valence-corrected chi connectivity index (χ0v) is 11.6. The Morgan fingerprint density at radius 2 is 2.20 bits per heavy atom. The van der Waals surface area contributed by atoms with E-state index in [0.717, 1.165) is 5.56 Å². The maximum absolute atomic E-state index is 13.4. The van der Waals surface area contributed by atoms with Crippen LogP contribution in [0.2, 0.25) is 5.02 Å². The molecule has 1 aromatic heterocycles. The molecule has 0 aliphatic rings. The zero-order valence-electron chi connectivity index (χ0n) is 10.8. The van der Waals surface area contributed by atoms with Gasteiger partial charge in [0.1, 0.15) is 12.1 Å². The van der Waals surface area contributed by atoms with Crippen LogP contribution >= 0.6 is 11.6 Å². The van der Waals surface area contributed by atoms with Crippen LogP contribution in [0, 0.1) is 5.82 Å². The number of nitrogens with one attached hydrogen (secondary N) is 1. The van der Waals surface area contributed by atoms with E-state index in [1.165, 1.54) is 25.6 Å². The molecule has 5 nitrogen and oxygen atoms in total. The van der Waals surface area contributed by atoms with Crippen LogP contribution in [0.15, 0.2) is 30.6 Å². The van der Waals surface area contributed by atoms with E-state index in [4.69, 9.17) is 22.2 Å². The molecule has 20 heavy (non-hydrogen) atoms. The molecule has 0 aliphatic carbocycles. The SMILES string of the molecule is COc1cc(C(Cc2ccc(Cl)c(F)c2)NN)ncn1. The second kappa shape index (κ2) is 6.60. The van der Waals surface area contributed by atoms with E-state index in [0.29, 0.717) is 18.0 Å². The number of aromatic nitrogens is 2. The van der Waals surface area contributed by atoms with Crippen molar-refractivity contribution >= 4 is 11.6 Å². The van der Waals surface area contributed by atoms with Crippen molar-refractivity contribution < 1.29 is 9.13 Å². The Morgan fingerprint density at radius 1 is 1.40 bits per heavy atom. The van der Waals surface area contributed by atoms with Gasteiger partial charge in [-0.2, -0.15) is 0 Å². The summed E-state index contributed by atoms with van der Waals surface area (Å²) in [6, 6.07) is 6.03. The number of nitrogens with zero attached hydrogens (tertiary/aromatic N) is 2. The number of ether oxygens (including phenoxy) is 1. The minimum Gasteiger partial charge on any atom is -0.481 e. The summed E-state index contributed by atoms with van der Waals surface area (Å²) in [6.45, 7) is 0. The van der Waals surface area contributed by atoms with Crippen molar-refractivity contribution in [3.05, 3.63) is 52.7 Å². The van der Waals surface area contributed by atoms with Gasteiger partial charge in [-0.3, -0.25) is 11.3 Å². The molecule has 0 fully saturated rings. The molecule has 0 saturated carbocycles. The molecule has 0 bridgehead atoms. The lowest BCUT2D eigenvalue weighted by molar-refractivity contribution is 0.393. The molecule has 0 saturated heterocycles. The highest BCUT2D eigenvalue weighted by atomic mass is 35.5. The fourth-order valence-corrected chi connectivity index (χ4v) is 1.92. The summed E-state index contributed by atoms with van der Waals surface area (Å²) in [4.78, 5) is 8.07. The van der Waals surface area contributed by atoms with Gasteiger partial charge in [-0.25, -0.2) is 14.4 Å². The third kappa shape index (κ3) is 3.41. The van der Waals surface area contributed by atoms with E-state index < -0.39 is 5.82 Å². The number of rotatable bonds is 5. The number of halogens is 2. The van der Waals surface area contributed by atoms with Gasteiger partial charge in [0.05, 0.1) is 23.9 Å². The number of hydrogen-bond donors (Lipinski definition) is 2. The Hall–Kier alpha value is -1.76. The summed E-state index contributed by atoms with van der Waals surface area (Å²) in [5, 5.41) is 0.0923. The van der Waals surface area contributed by atoms with Crippen molar-refractivity contribution in [2.75, 3.05) is 7.11 Å². The lowest BCUT2D eigenvalue weighted by Crippen LogP contribution is -2.30. The first-order valence-corrected chi connectivity index (χ1v) is 6.28.